The molecule has 1 aliphatic rings. The minimum absolute atomic E-state index is 0.00268. The van der Waals surface area contributed by atoms with Crippen molar-refractivity contribution in [3.63, 3.8) is 0 Å². The van der Waals surface area contributed by atoms with Gasteiger partial charge >= 0.3 is 0 Å². The Balaban J connectivity index is 1.72. The Morgan fingerprint density at radius 2 is 2.16 bits per heavy atom. The number of carbonyl (C=O) groups excluding carboxylic acids is 1. The van der Waals surface area contributed by atoms with Gasteiger partial charge < -0.3 is 5.32 Å². The van der Waals surface area contributed by atoms with E-state index >= 15 is 0 Å². The molecule has 0 bridgehead atoms. The molecule has 1 amide bonds. The van der Waals surface area contributed by atoms with Crippen molar-refractivity contribution in [2.24, 2.45) is 0 Å². The molecule has 1 aromatic heterocycles. The van der Waals surface area contributed by atoms with Gasteiger partial charge in [0.2, 0.25) is 5.91 Å². The molecular formula is C16H19N3O4S2. The second-order valence-corrected chi connectivity index (χ2v) is 9.09. The quantitative estimate of drug-likeness (QED) is 0.608. The largest absolute Gasteiger partial charge is 0.352 e. The van der Waals surface area contributed by atoms with Gasteiger partial charge in [-0.3, -0.25) is 14.2 Å². The number of amides is 1. The Bertz CT molecular complexity index is 969. The number of hydrogen-bond donors (Lipinski definition) is 1. The molecule has 7 nitrogen and oxygen atoms in total. The van der Waals surface area contributed by atoms with Crippen LogP contribution >= 0.6 is 11.8 Å². The molecule has 0 aliphatic carbocycles. The van der Waals surface area contributed by atoms with E-state index in [1.54, 1.807) is 22.8 Å². The first-order valence-corrected chi connectivity index (χ1v) is 10.8. The first-order chi connectivity index (χ1) is 11.9. The third-order valence-electron chi connectivity index (χ3n) is 4.07. The van der Waals surface area contributed by atoms with Crippen molar-refractivity contribution in [2.75, 3.05) is 17.3 Å². The number of fused-ring (bicyclic) bond motifs is 1. The second-order valence-electron chi connectivity index (χ2n) is 5.92. The maximum atomic E-state index is 12.5. The molecule has 25 heavy (non-hydrogen) atoms. The molecule has 2 heterocycles. The molecular weight excluding hydrogens is 362 g/mol. The van der Waals surface area contributed by atoms with Gasteiger partial charge in [-0.1, -0.05) is 23.9 Å². The zero-order valence-corrected chi connectivity index (χ0v) is 15.4. The van der Waals surface area contributed by atoms with Gasteiger partial charge in [0.1, 0.15) is 0 Å². The molecule has 134 valence electrons. The molecule has 1 atom stereocenters. The fourth-order valence-corrected chi connectivity index (χ4v) is 5.39. The van der Waals surface area contributed by atoms with E-state index in [2.05, 4.69) is 10.3 Å². The molecule has 9 heteroatoms. The van der Waals surface area contributed by atoms with E-state index in [0.29, 0.717) is 29.0 Å². The Hall–Kier alpha value is -1.87. The van der Waals surface area contributed by atoms with Gasteiger partial charge in [-0.2, -0.15) is 0 Å². The summed E-state index contributed by atoms with van der Waals surface area (Å²) in [5.74, 6) is -0.0529. The molecule has 1 aromatic carbocycles. The number of rotatable bonds is 5. The van der Waals surface area contributed by atoms with E-state index in [-0.39, 0.29) is 34.8 Å². The maximum absolute atomic E-state index is 12.5. The van der Waals surface area contributed by atoms with Gasteiger partial charge in [0.25, 0.3) is 5.56 Å². The number of benzene rings is 1. The van der Waals surface area contributed by atoms with E-state index in [4.69, 9.17) is 0 Å². The molecule has 1 aliphatic heterocycles. The van der Waals surface area contributed by atoms with Gasteiger partial charge in [0, 0.05) is 12.6 Å². The zero-order valence-electron chi connectivity index (χ0n) is 13.8. The van der Waals surface area contributed by atoms with E-state index < -0.39 is 9.84 Å². The lowest BCUT2D eigenvalue weighted by molar-refractivity contribution is -0.119. The van der Waals surface area contributed by atoms with Crippen molar-refractivity contribution in [1.82, 2.24) is 14.9 Å². The summed E-state index contributed by atoms with van der Waals surface area (Å²) < 4.78 is 24.4. The highest BCUT2D eigenvalue weighted by atomic mass is 32.2. The van der Waals surface area contributed by atoms with Crippen molar-refractivity contribution in [3.8, 4) is 0 Å². The smallest absolute Gasteiger partial charge is 0.262 e. The zero-order chi connectivity index (χ0) is 18.0. The summed E-state index contributed by atoms with van der Waals surface area (Å²) in [6.07, 6.45) is 0.451. The Labute approximate surface area is 149 Å². The number of carbonyl (C=O) groups is 1. The van der Waals surface area contributed by atoms with Crippen LogP contribution in [0, 0.1) is 0 Å². The second kappa shape index (κ2) is 7.17. The van der Waals surface area contributed by atoms with Crippen LogP contribution in [0.1, 0.15) is 13.3 Å². The average molecular weight is 381 g/mol. The summed E-state index contributed by atoms with van der Waals surface area (Å²) in [5, 5.41) is 3.78. The van der Waals surface area contributed by atoms with Gasteiger partial charge in [0.15, 0.2) is 15.0 Å². The number of para-hydroxylation sites is 1. The van der Waals surface area contributed by atoms with Gasteiger partial charge in [-0.05, 0) is 25.5 Å². The fourth-order valence-electron chi connectivity index (χ4n) is 2.84. The number of hydrogen-bond acceptors (Lipinski definition) is 6. The summed E-state index contributed by atoms with van der Waals surface area (Å²) in [7, 11) is -3.03. The molecule has 0 spiro atoms. The van der Waals surface area contributed by atoms with Crippen molar-refractivity contribution >= 4 is 38.4 Å². The molecule has 0 unspecified atom stereocenters. The molecule has 1 fully saturated rings. The number of aromatic nitrogens is 2. The maximum Gasteiger partial charge on any atom is 0.262 e. The van der Waals surface area contributed by atoms with Gasteiger partial charge in [0.05, 0.1) is 28.2 Å². The predicted octanol–water partition coefficient (Wildman–Crippen LogP) is 0.812. The Kier molecular flexibility index (Phi) is 5.14. The summed E-state index contributed by atoms with van der Waals surface area (Å²) in [6, 6.07) is 6.78. The standard InChI is InChI=1S/C16H19N3O4S2/c1-2-19-15(21)12-5-3-4-6-13(12)18-16(19)24-9-14(20)17-11-7-8-25(22,23)10-11/h3-6,11H,2,7-10H2,1H3,(H,17,20)/t11-/m1/s1. The van der Waals surface area contributed by atoms with Crippen LogP contribution in [0.2, 0.25) is 0 Å². The minimum atomic E-state index is -3.03. The molecule has 1 N–H and O–H groups in total. The number of thioether (sulfide) groups is 1. The SMILES string of the molecule is CCn1c(SCC(=O)N[C@@H]2CCS(=O)(=O)C2)nc2ccccc2c1=O. The first kappa shape index (κ1) is 17.9. The van der Waals surface area contributed by atoms with E-state index in [1.165, 1.54) is 11.8 Å². The highest BCUT2D eigenvalue weighted by Crippen LogP contribution is 2.18. The first-order valence-electron chi connectivity index (χ1n) is 8.02. The fraction of sp³-hybridized carbons (Fsp3) is 0.438. The van der Waals surface area contributed by atoms with Gasteiger partial charge in [-0.15, -0.1) is 0 Å². The molecule has 0 saturated carbocycles. The molecule has 2 aromatic rings. The van der Waals surface area contributed by atoms with Crippen LogP contribution in [0.15, 0.2) is 34.2 Å². The summed E-state index contributed by atoms with van der Waals surface area (Å²) in [5.41, 5.74) is 0.472. The van der Waals surface area contributed by atoms with Crippen molar-refractivity contribution in [1.29, 1.82) is 0 Å². The van der Waals surface area contributed by atoms with Crippen LogP contribution in [0.4, 0.5) is 0 Å². The Morgan fingerprint density at radius 3 is 2.84 bits per heavy atom. The topological polar surface area (TPSA) is 98.1 Å². The summed E-state index contributed by atoms with van der Waals surface area (Å²) in [4.78, 5) is 29.1. The number of nitrogens with one attached hydrogen (secondary N) is 1. The normalized spacial score (nSPS) is 19.2. The lowest BCUT2D eigenvalue weighted by atomic mass is 10.2. The van der Waals surface area contributed by atoms with Crippen LogP contribution in [0.5, 0.6) is 0 Å². The highest BCUT2D eigenvalue weighted by Gasteiger charge is 2.28. The summed E-state index contributed by atoms with van der Waals surface area (Å²) in [6.45, 7) is 2.31. The van der Waals surface area contributed by atoms with Crippen LogP contribution in [0.25, 0.3) is 10.9 Å². The Morgan fingerprint density at radius 1 is 1.40 bits per heavy atom. The van der Waals surface area contributed by atoms with Crippen LogP contribution in [0.3, 0.4) is 0 Å². The average Bonchev–Trinajstić information content (AvgIpc) is 2.91. The van der Waals surface area contributed by atoms with Crippen molar-refractivity contribution in [3.05, 3.63) is 34.6 Å². The lowest BCUT2D eigenvalue weighted by Gasteiger charge is -2.13. The molecule has 1 saturated heterocycles. The predicted molar refractivity (Wildman–Crippen MR) is 97.6 cm³/mol. The van der Waals surface area contributed by atoms with E-state index in [0.717, 1.165) is 0 Å². The third kappa shape index (κ3) is 4.04. The van der Waals surface area contributed by atoms with Gasteiger partial charge in [-0.25, -0.2) is 13.4 Å². The van der Waals surface area contributed by atoms with E-state index in [9.17, 15) is 18.0 Å². The third-order valence-corrected chi connectivity index (χ3v) is 6.82. The van der Waals surface area contributed by atoms with Crippen LogP contribution in [-0.2, 0) is 21.2 Å². The van der Waals surface area contributed by atoms with E-state index in [1.807, 2.05) is 13.0 Å². The lowest BCUT2D eigenvalue weighted by Crippen LogP contribution is -2.36. The number of nitrogens with zero attached hydrogens (tertiary/aromatic N) is 2. The molecule has 0 radical (unpaired) electrons. The minimum Gasteiger partial charge on any atom is -0.352 e. The van der Waals surface area contributed by atoms with Crippen molar-refractivity contribution < 1.29 is 13.2 Å². The summed E-state index contributed by atoms with van der Waals surface area (Å²) >= 11 is 1.18. The van der Waals surface area contributed by atoms with Crippen molar-refractivity contribution in [2.45, 2.75) is 31.1 Å². The molecule has 3 rings (SSSR count). The number of sulfone groups is 1. The van der Waals surface area contributed by atoms with Crippen LogP contribution in [-0.4, -0.2) is 47.2 Å². The monoisotopic (exact) mass is 381 g/mol. The van der Waals surface area contributed by atoms with Crippen LogP contribution < -0.4 is 10.9 Å². The highest BCUT2D eigenvalue weighted by molar-refractivity contribution is 7.99.